The van der Waals surface area contributed by atoms with E-state index in [0.29, 0.717) is 19.7 Å². The predicted octanol–water partition coefficient (Wildman–Crippen LogP) is 1.65. The maximum Gasteiger partial charge on any atom is 0.191 e. The molecule has 2 aromatic rings. The van der Waals surface area contributed by atoms with Crippen LogP contribution in [0, 0.1) is 6.92 Å². The first-order valence-corrected chi connectivity index (χ1v) is 11.2. The molecule has 0 bridgehead atoms. The largest absolute Gasteiger partial charge is 0.489 e. The number of aromatic nitrogens is 3. The van der Waals surface area contributed by atoms with E-state index >= 15 is 0 Å². The number of nitrogens with one attached hydrogen (secondary N) is 2. The van der Waals surface area contributed by atoms with Gasteiger partial charge in [-0.2, -0.15) is 0 Å². The number of hydrogen-bond acceptors (Lipinski definition) is 6. The number of aliphatic imine (C=N–C) groups is 1. The maximum absolute atomic E-state index is 5.77. The van der Waals surface area contributed by atoms with Crippen LogP contribution < -0.4 is 15.4 Å². The fourth-order valence-electron chi connectivity index (χ4n) is 3.36. The summed E-state index contributed by atoms with van der Waals surface area (Å²) < 4.78 is 13.2. The van der Waals surface area contributed by atoms with E-state index in [9.17, 15) is 0 Å². The van der Waals surface area contributed by atoms with Crippen LogP contribution in [0.25, 0.3) is 0 Å². The van der Waals surface area contributed by atoms with Crippen molar-refractivity contribution < 1.29 is 9.47 Å². The number of aryl methyl sites for hydroxylation is 1. The summed E-state index contributed by atoms with van der Waals surface area (Å²) in [5.41, 5.74) is 1.03. The number of ether oxygens (including phenoxy) is 2. The Morgan fingerprint density at radius 1 is 1.25 bits per heavy atom. The van der Waals surface area contributed by atoms with Crippen LogP contribution >= 0.6 is 0 Å². The van der Waals surface area contributed by atoms with Gasteiger partial charge in [-0.05, 0) is 26.0 Å². The summed E-state index contributed by atoms with van der Waals surface area (Å²) in [5.74, 6) is 3.31. The van der Waals surface area contributed by atoms with Gasteiger partial charge >= 0.3 is 0 Å². The first-order chi connectivity index (χ1) is 15.7. The van der Waals surface area contributed by atoms with Crippen LogP contribution in [0.2, 0.25) is 0 Å². The van der Waals surface area contributed by atoms with Crippen LogP contribution in [-0.2, 0) is 24.9 Å². The molecule has 2 N–H and O–H groups in total. The molecule has 174 valence electrons. The first-order valence-electron chi connectivity index (χ1n) is 11.2. The van der Waals surface area contributed by atoms with Gasteiger partial charge in [0.15, 0.2) is 11.8 Å². The molecular weight excluding hydrogens is 406 g/mol. The van der Waals surface area contributed by atoms with Crippen molar-refractivity contribution in [3.63, 3.8) is 0 Å². The average Bonchev–Trinajstić information content (AvgIpc) is 3.15. The monoisotopic (exact) mass is 441 g/mol. The van der Waals surface area contributed by atoms with Gasteiger partial charge in [0.05, 0.1) is 26.3 Å². The van der Waals surface area contributed by atoms with Crippen molar-refractivity contribution in [2.45, 2.75) is 26.4 Å². The minimum Gasteiger partial charge on any atom is -0.489 e. The van der Waals surface area contributed by atoms with E-state index in [0.717, 1.165) is 74.7 Å². The highest BCUT2D eigenvalue weighted by atomic mass is 16.5. The second kappa shape index (κ2) is 12.8. The van der Waals surface area contributed by atoms with Crippen LogP contribution in [0.5, 0.6) is 5.75 Å². The first kappa shape index (κ1) is 23.7. The molecule has 0 saturated carbocycles. The molecule has 2 heterocycles. The van der Waals surface area contributed by atoms with Crippen LogP contribution in [0.3, 0.4) is 0 Å². The summed E-state index contributed by atoms with van der Waals surface area (Å²) >= 11 is 0. The van der Waals surface area contributed by atoms with Gasteiger partial charge < -0.3 is 24.7 Å². The molecule has 1 aromatic carbocycles. The molecule has 1 aliphatic heterocycles. The third-order valence-electron chi connectivity index (χ3n) is 5.38. The highest BCUT2D eigenvalue weighted by Crippen LogP contribution is 2.18. The van der Waals surface area contributed by atoms with E-state index in [-0.39, 0.29) is 0 Å². The van der Waals surface area contributed by atoms with Gasteiger partial charge in [-0.25, -0.2) is 4.99 Å². The molecule has 0 radical (unpaired) electrons. The summed E-state index contributed by atoms with van der Waals surface area (Å²) in [6.07, 6.45) is 2.77. The van der Waals surface area contributed by atoms with Gasteiger partial charge in [0, 0.05) is 32.2 Å². The molecule has 9 heteroatoms. The van der Waals surface area contributed by atoms with Crippen molar-refractivity contribution in [2.24, 2.45) is 12.0 Å². The molecule has 0 aliphatic carbocycles. The number of para-hydroxylation sites is 1. The fraction of sp³-hybridized carbons (Fsp3) is 0.522. The van der Waals surface area contributed by atoms with E-state index in [2.05, 4.69) is 32.3 Å². The average molecular weight is 442 g/mol. The maximum atomic E-state index is 5.77. The molecule has 32 heavy (non-hydrogen) atoms. The lowest BCUT2D eigenvalue weighted by Gasteiger charge is -2.26. The van der Waals surface area contributed by atoms with Gasteiger partial charge in [0.2, 0.25) is 0 Å². The molecule has 0 amide bonds. The standard InChI is InChI=1S/C23H35N7O2/c1-4-14-32-21-9-6-5-8-20(21)17-25-23(26-18-22-28-27-19(2)29(22)3)24-10-7-11-30-12-15-31-16-13-30/h4-6,8-9H,1,7,10-18H2,2-3H3,(H2,24,25,26). The van der Waals surface area contributed by atoms with E-state index in [4.69, 9.17) is 14.5 Å². The minimum absolute atomic E-state index is 0.469. The lowest BCUT2D eigenvalue weighted by Crippen LogP contribution is -2.40. The molecule has 0 atom stereocenters. The Morgan fingerprint density at radius 2 is 2.06 bits per heavy atom. The molecule has 1 aromatic heterocycles. The Morgan fingerprint density at radius 3 is 2.81 bits per heavy atom. The zero-order valence-corrected chi connectivity index (χ0v) is 19.2. The number of hydrogen-bond donors (Lipinski definition) is 2. The van der Waals surface area contributed by atoms with E-state index in [1.165, 1.54) is 0 Å². The van der Waals surface area contributed by atoms with Crippen molar-refractivity contribution in [1.29, 1.82) is 0 Å². The Balaban J connectivity index is 1.59. The lowest BCUT2D eigenvalue weighted by molar-refractivity contribution is 0.0376. The van der Waals surface area contributed by atoms with Gasteiger partial charge in [-0.1, -0.05) is 30.9 Å². The van der Waals surface area contributed by atoms with Crippen LogP contribution in [0.4, 0.5) is 0 Å². The van der Waals surface area contributed by atoms with E-state index in [1.54, 1.807) is 6.08 Å². The highest BCUT2D eigenvalue weighted by Gasteiger charge is 2.10. The zero-order valence-electron chi connectivity index (χ0n) is 19.2. The van der Waals surface area contributed by atoms with Crippen molar-refractivity contribution in [3.05, 3.63) is 54.1 Å². The van der Waals surface area contributed by atoms with Gasteiger partial charge in [-0.3, -0.25) is 4.90 Å². The topological polar surface area (TPSA) is 88.8 Å². The number of benzene rings is 1. The Hall–Kier alpha value is -2.91. The predicted molar refractivity (Wildman–Crippen MR) is 126 cm³/mol. The number of rotatable bonds is 11. The number of nitrogens with zero attached hydrogens (tertiary/aromatic N) is 5. The molecule has 3 rings (SSSR count). The van der Waals surface area contributed by atoms with Crippen molar-refractivity contribution in [3.8, 4) is 5.75 Å². The van der Waals surface area contributed by atoms with Gasteiger partial charge in [-0.15, -0.1) is 10.2 Å². The summed E-state index contributed by atoms with van der Waals surface area (Å²) in [6, 6.07) is 7.95. The van der Waals surface area contributed by atoms with Crippen LogP contribution in [0.1, 0.15) is 23.6 Å². The lowest BCUT2D eigenvalue weighted by atomic mass is 10.2. The molecule has 0 unspecified atom stereocenters. The highest BCUT2D eigenvalue weighted by molar-refractivity contribution is 5.79. The molecule has 1 saturated heterocycles. The van der Waals surface area contributed by atoms with Gasteiger partial charge in [0.1, 0.15) is 18.2 Å². The fourth-order valence-corrected chi connectivity index (χ4v) is 3.36. The second-order valence-electron chi connectivity index (χ2n) is 7.68. The van der Waals surface area contributed by atoms with Crippen LogP contribution in [-0.4, -0.2) is 71.6 Å². The minimum atomic E-state index is 0.469. The summed E-state index contributed by atoms with van der Waals surface area (Å²) in [7, 11) is 1.96. The molecule has 1 fully saturated rings. The van der Waals surface area contributed by atoms with Crippen LogP contribution in [0.15, 0.2) is 41.9 Å². The third kappa shape index (κ3) is 7.35. The smallest absolute Gasteiger partial charge is 0.191 e. The summed E-state index contributed by atoms with van der Waals surface area (Å²) in [4.78, 5) is 7.23. The molecular formula is C23H35N7O2. The van der Waals surface area contributed by atoms with Gasteiger partial charge in [0.25, 0.3) is 0 Å². The quantitative estimate of drug-likeness (QED) is 0.237. The van der Waals surface area contributed by atoms with Crippen molar-refractivity contribution in [1.82, 2.24) is 30.3 Å². The Kier molecular flexibility index (Phi) is 9.52. The zero-order chi connectivity index (χ0) is 22.6. The number of morpholine rings is 1. The van der Waals surface area contributed by atoms with E-state index < -0.39 is 0 Å². The van der Waals surface area contributed by atoms with Crippen molar-refractivity contribution in [2.75, 3.05) is 46.0 Å². The molecule has 0 spiro atoms. The normalized spacial score (nSPS) is 14.9. The third-order valence-corrected chi connectivity index (χ3v) is 5.38. The summed E-state index contributed by atoms with van der Waals surface area (Å²) in [6.45, 7) is 12.7. The summed E-state index contributed by atoms with van der Waals surface area (Å²) in [5, 5.41) is 15.2. The molecule has 9 nitrogen and oxygen atoms in total. The second-order valence-corrected chi connectivity index (χ2v) is 7.68. The number of guanidine groups is 1. The molecule has 1 aliphatic rings. The van der Waals surface area contributed by atoms with Crippen molar-refractivity contribution >= 4 is 5.96 Å². The Labute approximate surface area is 190 Å². The SMILES string of the molecule is C=CCOc1ccccc1CN=C(NCCCN1CCOCC1)NCc1nnc(C)n1C. The Bertz CT molecular complexity index is 875. The van der Waals surface area contributed by atoms with E-state index in [1.807, 2.05) is 42.8 Å².